The number of rotatable bonds is 7. The van der Waals surface area contributed by atoms with Crippen molar-refractivity contribution in [3.05, 3.63) is 53.6 Å². The number of nitrogens with zero attached hydrogens (tertiary/aromatic N) is 1. The number of ether oxygens (including phenoxy) is 1. The number of amides is 1. The average molecular weight is 413 g/mol. The minimum Gasteiger partial charge on any atom is -0.495 e. The number of nitriles is 1. The molecule has 1 aliphatic carbocycles. The van der Waals surface area contributed by atoms with E-state index in [0.717, 1.165) is 31.2 Å². The predicted molar refractivity (Wildman–Crippen MR) is 109 cm³/mol. The van der Waals surface area contributed by atoms with Crippen molar-refractivity contribution < 1.29 is 17.9 Å². The van der Waals surface area contributed by atoms with Gasteiger partial charge < -0.3 is 10.1 Å². The normalized spacial score (nSPS) is 14.3. The molecule has 1 saturated carbocycles. The molecule has 2 aromatic carbocycles. The molecule has 0 unspecified atom stereocenters. The highest BCUT2D eigenvalue weighted by Gasteiger charge is 2.26. The zero-order valence-electron chi connectivity index (χ0n) is 16.1. The Morgan fingerprint density at radius 3 is 2.48 bits per heavy atom. The van der Waals surface area contributed by atoms with E-state index in [4.69, 9.17) is 10.00 Å². The molecule has 1 aliphatic rings. The lowest BCUT2D eigenvalue weighted by Crippen LogP contribution is -2.33. The number of nitrogens with one attached hydrogen (secondary N) is 2. The molecule has 0 saturated heterocycles. The van der Waals surface area contributed by atoms with Crippen molar-refractivity contribution in [1.29, 1.82) is 5.26 Å². The van der Waals surface area contributed by atoms with Crippen LogP contribution in [0.5, 0.6) is 5.75 Å². The van der Waals surface area contributed by atoms with Crippen LogP contribution in [0.15, 0.2) is 47.4 Å². The summed E-state index contributed by atoms with van der Waals surface area (Å²) in [6.45, 7) is 0. The van der Waals surface area contributed by atoms with E-state index in [1.165, 1.54) is 25.3 Å². The van der Waals surface area contributed by atoms with E-state index in [0.29, 0.717) is 12.1 Å². The summed E-state index contributed by atoms with van der Waals surface area (Å²) in [6, 6.07) is 13.2. The lowest BCUT2D eigenvalue weighted by Gasteiger charge is -2.16. The van der Waals surface area contributed by atoms with Gasteiger partial charge in [-0.25, -0.2) is 13.1 Å². The van der Waals surface area contributed by atoms with Crippen LogP contribution in [0.25, 0.3) is 0 Å². The zero-order valence-corrected chi connectivity index (χ0v) is 17.0. The fraction of sp³-hybridized carbons (Fsp3) is 0.333. The van der Waals surface area contributed by atoms with Crippen LogP contribution in [0.3, 0.4) is 0 Å². The van der Waals surface area contributed by atoms with Gasteiger partial charge in [-0.3, -0.25) is 4.79 Å². The molecular formula is C21H23N3O4S. The molecular weight excluding hydrogens is 390 g/mol. The molecule has 1 fully saturated rings. The fourth-order valence-electron chi connectivity index (χ4n) is 3.35. The van der Waals surface area contributed by atoms with Crippen LogP contribution in [0, 0.1) is 11.3 Å². The van der Waals surface area contributed by atoms with Crippen LogP contribution >= 0.6 is 0 Å². The van der Waals surface area contributed by atoms with Gasteiger partial charge in [-0.15, -0.1) is 0 Å². The lowest BCUT2D eigenvalue weighted by molar-refractivity contribution is 0.102. The standard InChI is InChI=1S/C21H23N3O4S/c1-28-19-11-8-16(14-20(19)29(26,27)24-18-4-2-3-5-18)21(25)23-17-9-6-15(7-10-17)12-13-22/h6-11,14,18,24H,2-5,12H2,1H3,(H,23,25). The van der Waals surface area contributed by atoms with Crippen LogP contribution in [0.1, 0.15) is 41.6 Å². The van der Waals surface area contributed by atoms with Gasteiger partial charge in [0.25, 0.3) is 5.91 Å². The van der Waals surface area contributed by atoms with E-state index in [1.54, 1.807) is 24.3 Å². The first-order valence-corrected chi connectivity index (χ1v) is 10.9. The number of anilines is 1. The molecule has 0 radical (unpaired) electrons. The molecule has 0 bridgehead atoms. The number of sulfonamides is 1. The largest absolute Gasteiger partial charge is 0.495 e. The highest BCUT2D eigenvalue weighted by atomic mass is 32.2. The maximum Gasteiger partial charge on any atom is 0.255 e. The van der Waals surface area contributed by atoms with Crippen LogP contribution in [0.2, 0.25) is 0 Å². The van der Waals surface area contributed by atoms with Crippen molar-refractivity contribution in [2.24, 2.45) is 0 Å². The molecule has 0 heterocycles. The van der Waals surface area contributed by atoms with Gasteiger partial charge in [0.1, 0.15) is 10.6 Å². The Bertz CT molecular complexity index is 1020. The highest BCUT2D eigenvalue weighted by molar-refractivity contribution is 7.89. The highest BCUT2D eigenvalue weighted by Crippen LogP contribution is 2.27. The van der Waals surface area contributed by atoms with Gasteiger partial charge in [-0.1, -0.05) is 25.0 Å². The third kappa shape index (κ3) is 5.13. The summed E-state index contributed by atoms with van der Waals surface area (Å²) < 4.78 is 33.6. The third-order valence-electron chi connectivity index (χ3n) is 4.89. The van der Waals surface area contributed by atoms with Crippen LogP contribution in [-0.4, -0.2) is 27.5 Å². The van der Waals surface area contributed by atoms with E-state index < -0.39 is 15.9 Å². The number of methoxy groups -OCH3 is 1. The van der Waals surface area contributed by atoms with Crippen LogP contribution < -0.4 is 14.8 Å². The van der Waals surface area contributed by atoms with Gasteiger partial charge in [-0.05, 0) is 48.7 Å². The molecule has 29 heavy (non-hydrogen) atoms. The van der Waals surface area contributed by atoms with E-state index in [1.807, 2.05) is 0 Å². The summed E-state index contributed by atoms with van der Waals surface area (Å²) in [5.74, 6) is -0.245. The van der Waals surface area contributed by atoms with Crippen molar-refractivity contribution >= 4 is 21.6 Å². The Morgan fingerprint density at radius 1 is 1.17 bits per heavy atom. The summed E-state index contributed by atoms with van der Waals surface area (Å²) in [5.41, 5.74) is 1.61. The molecule has 0 aliphatic heterocycles. The van der Waals surface area contributed by atoms with E-state index >= 15 is 0 Å². The molecule has 0 aromatic heterocycles. The van der Waals surface area contributed by atoms with Crippen molar-refractivity contribution in [2.45, 2.75) is 43.0 Å². The third-order valence-corrected chi connectivity index (χ3v) is 6.43. The molecule has 0 atom stereocenters. The Balaban J connectivity index is 1.81. The molecule has 1 amide bonds. The second-order valence-corrected chi connectivity index (χ2v) is 8.64. The number of carbonyl (C=O) groups excluding carboxylic acids is 1. The van der Waals surface area contributed by atoms with Gasteiger partial charge in [0.05, 0.1) is 19.6 Å². The van der Waals surface area contributed by atoms with Crippen molar-refractivity contribution in [3.8, 4) is 11.8 Å². The first kappa shape index (κ1) is 20.8. The maximum atomic E-state index is 12.9. The predicted octanol–water partition coefficient (Wildman–Crippen LogP) is 3.23. The van der Waals surface area contributed by atoms with Crippen LogP contribution in [0.4, 0.5) is 5.69 Å². The number of hydrogen-bond acceptors (Lipinski definition) is 5. The number of benzene rings is 2. The topological polar surface area (TPSA) is 108 Å². The quantitative estimate of drug-likeness (QED) is 0.724. The fourth-order valence-corrected chi connectivity index (χ4v) is 4.85. The minimum atomic E-state index is -3.81. The molecule has 7 nitrogen and oxygen atoms in total. The smallest absolute Gasteiger partial charge is 0.255 e. The molecule has 8 heteroatoms. The number of carbonyl (C=O) groups is 1. The minimum absolute atomic E-state index is 0.0519. The lowest BCUT2D eigenvalue weighted by atomic mass is 10.1. The first-order chi connectivity index (χ1) is 13.9. The van der Waals surface area contributed by atoms with E-state index in [2.05, 4.69) is 16.1 Å². The molecule has 2 N–H and O–H groups in total. The molecule has 3 rings (SSSR count). The van der Waals surface area contributed by atoms with E-state index in [-0.39, 0.29) is 22.3 Å². The Morgan fingerprint density at radius 2 is 1.86 bits per heavy atom. The average Bonchev–Trinajstić information content (AvgIpc) is 3.21. The summed E-state index contributed by atoms with van der Waals surface area (Å²) in [5, 5.41) is 11.5. The van der Waals surface area contributed by atoms with E-state index in [9.17, 15) is 13.2 Å². The maximum absolute atomic E-state index is 12.9. The van der Waals surface area contributed by atoms with Crippen molar-refractivity contribution in [3.63, 3.8) is 0 Å². The Kier molecular flexibility index (Phi) is 6.52. The van der Waals surface area contributed by atoms with Gasteiger partial charge >= 0.3 is 0 Å². The monoisotopic (exact) mass is 413 g/mol. The first-order valence-electron chi connectivity index (χ1n) is 9.40. The van der Waals surface area contributed by atoms with Crippen LogP contribution in [-0.2, 0) is 16.4 Å². The van der Waals surface area contributed by atoms with Crippen molar-refractivity contribution in [2.75, 3.05) is 12.4 Å². The second kappa shape index (κ2) is 9.07. The summed E-state index contributed by atoms with van der Waals surface area (Å²) in [7, 11) is -2.42. The summed E-state index contributed by atoms with van der Waals surface area (Å²) in [6.07, 6.45) is 3.91. The SMILES string of the molecule is COc1ccc(C(=O)Nc2ccc(CC#N)cc2)cc1S(=O)(=O)NC1CCCC1. The van der Waals surface area contributed by atoms with Gasteiger partial charge in [0, 0.05) is 17.3 Å². The zero-order chi connectivity index (χ0) is 20.9. The molecule has 152 valence electrons. The van der Waals surface area contributed by atoms with Gasteiger partial charge in [0.2, 0.25) is 10.0 Å². The summed E-state index contributed by atoms with van der Waals surface area (Å²) >= 11 is 0. The number of hydrogen-bond donors (Lipinski definition) is 2. The summed E-state index contributed by atoms with van der Waals surface area (Å²) in [4.78, 5) is 12.6. The Labute approximate surface area is 170 Å². The second-order valence-electron chi connectivity index (χ2n) is 6.95. The molecule has 0 spiro atoms. The van der Waals surface area contributed by atoms with Crippen molar-refractivity contribution in [1.82, 2.24) is 4.72 Å². The molecule has 2 aromatic rings. The van der Waals surface area contributed by atoms with Gasteiger partial charge in [-0.2, -0.15) is 5.26 Å². The Hall–Kier alpha value is -2.89. The van der Waals surface area contributed by atoms with Gasteiger partial charge in [0.15, 0.2) is 0 Å².